The molecule has 2 saturated heterocycles. The zero-order chi connectivity index (χ0) is 30.7. The number of hydrogen-bond donors (Lipinski definition) is 0. The van der Waals surface area contributed by atoms with E-state index in [2.05, 4.69) is 72.3 Å². The van der Waals surface area contributed by atoms with Crippen molar-refractivity contribution in [3.05, 3.63) is 53.5 Å². The first-order valence-electron chi connectivity index (χ1n) is 15.6. The van der Waals surface area contributed by atoms with Crippen LogP contribution in [-0.4, -0.2) is 88.2 Å². The van der Waals surface area contributed by atoms with Crippen molar-refractivity contribution in [3.63, 3.8) is 0 Å². The van der Waals surface area contributed by atoms with E-state index in [-0.39, 0.29) is 35.4 Å². The minimum Gasteiger partial charge on any atom is -0.339 e. The molecule has 0 saturated carbocycles. The van der Waals surface area contributed by atoms with Crippen LogP contribution in [0.1, 0.15) is 76.4 Å². The monoisotopic (exact) mass is 569 g/mol. The number of fused-ring (bicyclic) bond motifs is 1. The third-order valence-corrected chi connectivity index (χ3v) is 10.4. The lowest BCUT2D eigenvalue weighted by atomic mass is 9.69. The van der Waals surface area contributed by atoms with Crippen molar-refractivity contribution < 1.29 is 9.59 Å². The first kappa shape index (κ1) is 30.3. The molecule has 0 radical (unpaired) electrons. The SMILES string of the molecule is Bc1ccc(-n2cc(CC3CN(C4C[C@H](C)N(C(C)=O)[C@H](C)C4(C)C)C3)c3c(C)cncc32)c(C(=O)N(C)C(C)C)c1. The molecular formula is C34H48BN5O2. The van der Waals surface area contributed by atoms with E-state index in [4.69, 9.17) is 0 Å². The van der Waals surface area contributed by atoms with E-state index in [1.165, 1.54) is 10.9 Å². The molecule has 3 aromatic rings. The molecule has 2 aliphatic heterocycles. The fraction of sp³-hybridized carbons (Fsp3) is 0.559. The van der Waals surface area contributed by atoms with Gasteiger partial charge in [-0.1, -0.05) is 31.4 Å². The zero-order valence-electron chi connectivity index (χ0n) is 27.2. The Bertz CT molecular complexity index is 1510. The van der Waals surface area contributed by atoms with Crippen LogP contribution in [0.25, 0.3) is 16.6 Å². The number of aromatic nitrogens is 2. The average Bonchev–Trinajstić information content (AvgIpc) is 3.26. The van der Waals surface area contributed by atoms with Gasteiger partial charge in [0.25, 0.3) is 5.91 Å². The lowest BCUT2D eigenvalue weighted by molar-refractivity contribution is -0.148. The summed E-state index contributed by atoms with van der Waals surface area (Å²) in [6.45, 7) is 19.1. The Kier molecular flexibility index (Phi) is 8.07. The van der Waals surface area contributed by atoms with E-state index < -0.39 is 0 Å². The Morgan fingerprint density at radius 1 is 1.17 bits per heavy atom. The van der Waals surface area contributed by atoms with Crippen LogP contribution < -0.4 is 5.46 Å². The van der Waals surface area contributed by atoms with E-state index in [9.17, 15) is 9.59 Å². The smallest absolute Gasteiger partial charge is 0.255 e. The van der Waals surface area contributed by atoms with Gasteiger partial charge in [0.15, 0.2) is 0 Å². The van der Waals surface area contributed by atoms with Crippen LogP contribution in [0.2, 0.25) is 0 Å². The van der Waals surface area contributed by atoms with Gasteiger partial charge in [-0.25, -0.2) is 0 Å². The number of nitrogens with zero attached hydrogens (tertiary/aromatic N) is 5. The molecule has 0 N–H and O–H groups in total. The molecule has 3 atom stereocenters. The zero-order valence-corrected chi connectivity index (χ0v) is 27.2. The van der Waals surface area contributed by atoms with E-state index in [0.29, 0.717) is 17.5 Å². The lowest BCUT2D eigenvalue weighted by Crippen LogP contribution is -2.67. The fourth-order valence-corrected chi connectivity index (χ4v) is 7.52. The van der Waals surface area contributed by atoms with Gasteiger partial charge in [0.2, 0.25) is 5.91 Å². The number of carbonyl (C=O) groups excluding carboxylic acids is 2. The highest BCUT2D eigenvalue weighted by Gasteiger charge is 2.50. The summed E-state index contributed by atoms with van der Waals surface area (Å²) in [4.78, 5) is 37.1. The minimum atomic E-state index is 0.0267. The van der Waals surface area contributed by atoms with Crippen molar-refractivity contribution in [3.8, 4) is 5.69 Å². The van der Waals surface area contributed by atoms with Gasteiger partial charge in [-0.05, 0) is 70.6 Å². The lowest BCUT2D eigenvalue weighted by Gasteiger charge is -2.59. The summed E-state index contributed by atoms with van der Waals surface area (Å²) < 4.78 is 2.19. The molecular weight excluding hydrogens is 521 g/mol. The second-order valence-corrected chi connectivity index (χ2v) is 14.0. The highest BCUT2D eigenvalue weighted by atomic mass is 16.2. The fourth-order valence-electron chi connectivity index (χ4n) is 7.52. The molecule has 224 valence electrons. The van der Waals surface area contributed by atoms with Crippen molar-refractivity contribution in [2.75, 3.05) is 20.1 Å². The van der Waals surface area contributed by atoms with Crippen molar-refractivity contribution in [1.82, 2.24) is 24.3 Å². The second kappa shape index (κ2) is 11.2. The Labute approximate surface area is 252 Å². The number of benzene rings is 1. The quantitative estimate of drug-likeness (QED) is 0.422. The van der Waals surface area contributed by atoms with Crippen molar-refractivity contribution in [1.29, 1.82) is 0 Å². The predicted molar refractivity (Wildman–Crippen MR) is 174 cm³/mol. The Morgan fingerprint density at radius 3 is 2.50 bits per heavy atom. The third kappa shape index (κ3) is 5.16. The Morgan fingerprint density at radius 2 is 1.86 bits per heavy atom. The summed E-state index contributed by atoms with van der Waals surface area (Å²) in [5, 5.41) is 1.25. The summed E-state index contributed by atoms with van der Waals surface area (Å²) in [6, 6.07) is 7.20. The molecule has 8 heteroatoms. The summed E-state index contributed by atoms with van der Waals surface area (Å²) >= 11 is 0. The molecule has 4 heterocycles. The van der Waals surface area contributed by atoms with Crippen molar-refractivity contribution in [2.45, 2.75) is 92.4 Å². The topological polar surface area (TPSA) is 61.7 Å². The normalized spacial score (nSPS) is 22.9. The molecule has 1 aromatic carbocycles. The van der Waals surface area contributed by atoms with Gasteiger partial charge in [0, 0.05) is 74.4 Å². The number of amides is 2. The minimum absolute atomic E-state index is 0.0267. The number of carbonyl (C=O) groups is 2. The van der Waals surface area contributed by atoms with E-state index >= 15 is 0 Å². The third-order valence-electron chi connectivity index (χ3n) is 10.4. The van der Waals surface area contributed by atoms with Gasteiger partial charge in [0.05, 0.1) is 23.0 Å². The first-order valence-corrected chi connectivity index (χ1v) is 15.6. The molecule has 2 amide bonds. The maximum atomic E-state index is 13.6. The van der Waals surface area contributed by atoms with E-state index in [1.54, 1.807) is 11.8 Å². The van der Waals surface area contributed by atoms with Crippen LogP contribution in [0.15, 0.2) is 36.8 Å². The molecule has 7 nitrogen and oxygen atoms in total. The summed E-state index contributed by atoms with van der Waals surface area (Å²) in [7, 11) is 3.91. The molecule has 0 spiro atoms. The van der Waals surface area contributed by atoms with Gasteiger partial charge in [0.1, 0.15) is 7.85 Å². The molecule has 2 aromatic heterocycles. The number of aryl methyl sites for hydroxylation is 1. The van der Waals surface area contributed by atoms with Crippen LogP contribution >= 0.6 is 0 Å². The number of pyridine rings is 1. The maximum absolute atomic E-state index is 13.6. The van der Waals surface area contributed by atoms with Crippen LogP contribution in [0.5, 0.6) is 0 Å². The maximum Gasteiger partial charge on any atom is 0.255 e. The molecule has 42 heavy (non-hydrogen) atoms. The Hall–Kier alpha value is -3.13. The molecule has 0 bridgehead atoms. The van der Waals surface area contributed by atoms with Crippen LogP contribution in [0.3, 0.4) is 0 Å². The molecule has 2 fully saturated rings. The summed E-state index contributed by atoms with van der Waals surface area (Å²) in [5.74, 6) is 0.776. The van der Waals surface area contributed by atoms with Crippen molar-refractivity contribution in [2.24, 2.45) is 11.3 Å². The highest BCUT2D eigenvalue weighted by Crippen LogP contribution is 2.43. The second-order valence-electron chi connectivity index (χ2n) is 14.0. The molecule has 2 aliphatic rings. The van der Waals surface area contributed by atoms with Crippen LogP contribution in [0.4, 0.5) is 0 Å². The number of rotatable bonds is 6. The van der Waals surface area contributed by atoms with Gasteiger partial charge in [-0.2, -0.15) is 0 Å². The summed E-state index contributed by atoms with van der Waals surface area (Å²) in [6.07, 6.45) is 8.14. The van der Waals surface area contributed by atoms with Crippen LogP contribution in [0, 0.1) is 18.3 Å². The van der Waals surface area contributed by atoms with E-state index in [1.807, 2.05) is 47.2 Å². The molecule has 5 rings (SSSR count). The van der Waals surface area contributed by atoms with E-state index in [0.717, 1.165) is 48.2 Å². The standard InChI is InChI=1S/C34H48BN5O2/c1-20(2)37(9)33(42)28-14-27(35)10-11-29(28)39-19-26(32-21(3)15-36-16-30(32)39)13-25-17-38(18-25)31-12-22(4)40(24(6)41)23(5)34(31,7)8/h10-11,14-16,19-20,22-23,25,31H,12-13,17-18,35H2,1-9H3/t22-,23+,31?/m0/s1. The van der Waals surface area contributed by atoms with Gasteiger partial charge >= 0.3 is 0 Å². The van der Waals surface area contributed by atoms with Gasteiger partial charge in [-0.3, -0.25) is 19.5 Å². The average molecular weight is 570 g/mol. The van der Waals surface area contributed by atoms with Crippen LogP contribution in [-0.2, 0) is 11.2 Å². The number of piperidine rings is 1. The highest BCUT2D eigenvalue weighted by molar-refractivity contribution is 6.32. The molecule has 1 unspecified atom stereocenters. The Balaban J connectivity index is 1.42. The summed E-state index contributed by atoms with van der Waals surface area (Å²) in [5.41, 5.74) is 6.24. The predicted octanol–water partition coefficient (Wildman–Crippen LogP) is 3.97. The number of hydrogen-bond acceptors (Lipinski definition) is 4. The first-order chi connectivity index (χ1) is 19.7. The number of likely N-dealkylation sites (tertiary alicyclic amines) is 2. The largest absolute Gasteiger partial charge is 0.339 e. The van der Waals surface area contributed by atoms with Gasteiger partial charge < -0.3 is 14.4 Å². The van der Waals surface area contributed by atoms with Crippen molar-refractivity contribution >= 4 is 36.0 Å². The van der Waals surface area contributed by atoms with Gasteiger partial charge in [-0.15, -0.1) is 0 Å². The molecule has 0 aliphatic carbocycles.